The summed E-state index contributed by atoms with van der Waals surface area (Å²) in [5, 5.41) is 3.65. The minimum absolute atomic E-state index is 0.744. The molecule has 2 nitrogen and oxygen atoms in total. The van der Waals surface area contributed by atoms with Gasteiger partial charge in [-0.15, -0.1) is 0 Å². The smallest absolute Gasteiger partial charge is 0.122 e. The highest BCUT2D eigenvalue weighted by Crippen LogP contribution is 2.35. The van der Waals surface area contributed by atoms with Gasteiger partial charge in [-0.3, -0.25) is 0 Å². The number of hydrogen-bond acceptors (Lipinski definition) is 2. The second-order valence-corrected chi connectivity index (χ2v) is 5.30. The van der Waals surface area contributed by atoms with Gasteiger partial charge in [-0.1, -0.05) is 12.1 Å². The fourth-order valence-electron chi connectivity index (χ4n) is 3.43. The lowest BCUT2D eigenvalue weighted by atomic mass is 9.79. The largest absolute Gasteiger partial charge is 0.496 e. The molecule has 0 radical (unpaired) electrons. The van der Waals surface area contributed by atoms with E-state index in [-0.39, 0.29) is 0 Å². The molecule has 1 aliphatic carbocycles. The molecule has 0 bridgehead atoms. The van der Waals surface area contributed by atoms with Gasteiger partial charge in [0.05, 0.1) is 7.11 Å². The molecule has 0 aromatic heterocycles. The summed E-state index contributed by atoms with van der Waals surface area (Å²) in [6, 6.07) is 7.22. The summed E-state index contributed by atoms with van der Waals surface area (Å²) in [6.07, 6.45) is 6.44. The summed E-state index contributed by atoms with van der Waals surface area (Å²) in [5.74, 6) is 1.89. The van der Waals surface area contributed by atoms with E-state index < -0.39 is 0 Å². The zero-order chi connectivity index (χ0) is 11.7. The number of rotatable bonds is 2. The third-order valence-corrected chi connectivity index (χ3v) is 4.37. The number of methoxy groups -OCH3 is 1. The number of fused-ring (bicyclic) bond motifs is 1. The van der Waals surface area contributed by atoms with Gasteiger partial charge in [0.2, 0.25) is 0 Å². The lowest BCUT2D eigenvalue weighted by Crippen LogP contribution is -2.34. The SMILES string of the molecule is COc1cccc2c1CC(C1CCCN1)CC2. The second kappa shape index (κ2) is 4.69. The van der Waals surface area contributed by atoms with Crippen molar-refractivity contribution in [1.29, 1.82) is 0 Å². The van der Waals surface area contributed by atoms with Crippen LogP contribution >= 0.6 is 0 Å². The Balaban J connectivity index is 1.83. The fraction of sp³-hybridized carbons (Fsp3) is 0.600. The monoisotopic (exact) mass is 231 g/mol. The van der Waals surface area contributed by atoms with Crippen molar-refractivity contribution >= 4 is 0 Å². The van der Waals surface area contributed by atoms with Crippen molar-refractivity contribution in [3.8, 4) is 5.75 Å². The molecule has 1 heterocycles. The predicted molar refractivity (Wildman–Crippen MR) is 69.5 cm³/mol. The van der Waals surface area contributed by atoms with E-state index in [2.05, 4.69) is 23.5 Å². The third-order valence-electron chi connectivity index (χ3n) is 4.37. The normalized spacial score (nSPS) is 27.8. The van der Waals surface area contributed by atoms with Crippen LogP contribution in [0.25, 0.3) is 0 Å². The molecular weight excluding hydrogens is 210 g/mol. The molecular formula is C15H21NO. The average Bonchev–Trinajstić information content (AvgIpc) is 2.91. The lowest BCUT2D eigenvalue weighted by Gasteiger charge is -2.30. The standard InChI is InChI=1S/C15H21NO/c1-17-15-6-2-4-11-7-8-12(10-13(11)15)14-5-3-9-16-14/h2,4,6,12,14,16H,3,5,7-10H2,1H3. The molecule has 3 rings (SSSR count). The van der Waals surface area contributed by atoms with Crippen molar-refractivity contribution in [3.05, 3.63) is 29.3 Å². The quantitative estimate of drug-likeness (QED) is 0.844. The molecule has 1 aromatic rings. The van der Waals surface area contributed by atoms with Gasteiger partial charge < -0.3 is 10.1 Å². The molecule has 2 aliphatic rings. The summed E-state index contributed by atoms with van der Waals surface area (Å²) in [5.41, 5.74) is 2.96. The number of hydrogen-bond donors (Lipinski definition) is 1. The van der Waals surface area contributed by atoms with Gasteiger partial charge in [0, 0.05) is 6.04 Å². The maximum absolute atomic E-state index is 5.50. The van der Waals surface area contributed by atoms with Crippen molar-refractivity contribution < 1.29 is 4.74 Å². The summed E-state index contributed by atoms with van der Waals surface area (Å²) < 4.78 is 5.50. The minimum atomic E-state index is 0.744. The summed E-state index contributed by atoms with van der Waals surface area (Å²) >= 11 is 0. The maximum atomic E-state index is 5.50. The number of benzene rings is 1. The van der Waals surface area contributed by atoms with Crippen LogP contribution < -0.4 is 10.1 Å². The highest BCUT2D eigenvalue weighted by molar-refractivity contribution is 5.42. The van der Waals surface area contributed by atoms with E-state index in [9.17, 15) is 0 Å². The first-order valence-electron chi connectivity index (χ1n) is 6.76. The molecule has 1 saturated heterocycles. The summed E-state index contributed by atoms with van der Waals surface area (Å²) in [4.78, 5) is 0. The Morgan fingerprint density at radius 2 is 2.24 bits per heavy atom. The van der Waals surface area contributed by atoms with Crippen LogP contribution in [-0.4, -0.2) is 19.7 Å². The van der Waals surface area contributed by atoms with Gasteiger partial charge in [0.1, 0.15) is 5.75 Å². The van der Waals surface area contributed by atoms with E-state index in [4.69, 9.17) is 4.74 Å². The van der Waals surface area contributed by atoms with Crippen LogP contribution in [0.1, 0.15) is 30.4 Å². The zero-order valence-corrected chi connectivity index (χ0v) is 10.5. The van der Waals surface area contributed by atoms with E-state index >= 15 is 0 Å². The zero-order valence-electron chi connectivity index (χ0n) is 10.5. The predicted octanol–water partition coefficient (Wildman–Crippen LogP) is 2.55. The van der Waals surface area contributed by atoms with Crippen LogP contribution in [-0.2, 0) is 12.8 Å². The van der Waals surface area contributed by atoms with E-state index in [1.54, 1.807) is 7.11 Å². The third kappa shape index (κ3) is 2.06. The average molecular weight is 231 g/mol. The first kappa shape index (κ1) is 11.1. The van der Waals surface area contributed by atoms with Crippen molar-refractivity contribution in [3.63, 3.8) is 0 Å². The molecule has 0 spiro atoms. The molecule has 1 N–H and O–H groups in total. The van der Waals surface area contributed by atoms with Crippen molar-refractivity contribution in [1.82, 2.24) is 5.32 Å². The Morgan fingerprint density at radius 3 is 3.00 bits per heavy atom. The number of ether oxygens (including phenoxy) is 1. The highest BCUT2D eigenvalue weighted by atomic mass is 16.5. The highest BCUT2D eigenvalue weighted by Gasteiger charge is 2.29. The van der Waals surface area contributed by atoms with Crippen LogP contribution in [0.15, 0.2) is 18.2 Å². The van der Waals surface area contributed by atoms with Crippen LogP contribution in [0.4, 0.5) is 0 Å². The maximum Gasteiger partial charge on any atom is 0.122 e. The molecule has 1 aliphatic heterocycles. The van der Waals surface area contributed by atoms with Gasteiger partial charge in [0.15, 0.2) is 0 Å². The summed E-state index contributed by atoms with van der Waals surface area (Å²) in [7, 11) is 1.78. The Hall–Kier alpha value is -1.02. The minimum Gasteiger partial charge on any atom is -0.496 e. The fourth-order valence-corrected chi connectivity index (χ4v) is 3.43. The van der Waals surface area contributed by atoms with Crippen LogP contribution in [0, 0.1) is 5.92 Å². The molecule has 0 saturated carbocycles. The first-order chi connectivity index (χ1) is 8.38. The lowest BCUT2D eigenvalue weighted by molar-refractivity contribution is 0.337. The molecule has 17 heavy (non-hydrogen) atoms. The van der Waals surface area contributed by atoms with Gasteiger partial charge in [-0.25, -0.2) is 0 Å². The Kier molecular flexibility index (Phi) is 3.06. The molecule has 2 unspecified atom stereocenters. The number of nitrogens with one attached hydrogen (secondary N) is 1. The molecule has 0 amide bonds. The Morgan fingerprint density at radius 1 is 1.29 bits per heavy atom. The van der Waals surface area contributed by atoms with E-state index in [1.165, 1.54) is 49.8 Å². The molecule has 1 aromatic carbocycles. The van der Waals surface area contributed by atoms with Crippen molar-refractivity contribution in [2.45, 2.75) is 38.1 Å². The topological polar surface area (TPSA) is 21.3 Å². The second-order valence-electron chi connectivity index (χ2n) is 5.30. The van der Waals surface area contributed by atoms with Gasteiger partial charge in [0.25, 0.3) is 0 Å². The first-order valence-corrected chi connectivity index (χ1v) is 6.76. The van der Waals surface area contributed by atoms with Crippen LogP contribution in [0.3, 0.4) is 0 Å². The molecule has 1 fully saturated rings. The van der Waals surface area contributed by atoms with Gasteiger partial charge >= 0.3 is 0 Å². The summed E-state index contributed by atoms with van der Waals surface area (Å²) in [6.45, 7) is 1.21. The Labute approximate surface area is 103 Å². The van der Waals surface area contributed by atoms with Crippen LogP contribution in [0.2, 0.25) is 0 Å². The van der Waals surface area contributed by atoms with E-state index in [0.717, 1.165) is 17.7 Å². The molecule has 92 valence electrons. The Bertz CT molecular complexity index is 382. The van der Waals surface area contributed by atoms with Gasteiger partial charge in [-0.2, -0.15) is 0 Å². The number of aryl methyl sites for hydroxylation is 1. The van der Waals surface area contributed by atoms with E-state index in [1.807, 2.05) is 0 Å². The van der Waals surface area contributed by atoms with Crippen molar-refractivity contribution in [2.75, 3.05) is 13.7 Å². The van der Waals surface area contributed by atoms with Crippen molar-refractivity contribution in [2.24, 2.45) is 5.92 Å². The van der Waals surface area contributed by atoms with E-state index in [0.29, 0.717) is 0 Å². The molecule has 2 atom stereocenters. The molecule has 2 heteroatoms. The van der Waals surface area contributed by atoms with Crippen LogP contribution in [0.5, 0.6) is 5.75 Å². The van der Waals surface area contributed by atoms with Gasteiger partial charge in [-0.05, 0) is 61.8 Å².